The number of fused-ring (bicyclic) bond motifs is 1. The van der Waals surface area contributed by atoms with Crippen molar-refractivity contribution in [3.05, 3.63) is 78.1 Å². The Morgan fingerprint density at radius 2 is 1.64 bits per heavy atom. The van der Waals surface area contributed by atoms with Crippen LogP contribution in [-0.4, -0.2) is 29.4 Å². The number of anilines is 2. The summed E-state index contributed by atoms with van der Waals surface area (Å²) in [6, 6.07) is 19.0. The first-order valence-corrected chi connectivity index (χ1v) is 10.2. The van der Waals surface area contributed by atoms with Crippen molar-refractivity contribution < 1.29 is 23.5 Å². The molecule has 0 fully saturated rings. The third-order valence-electron chi connectivity index (χ3n) is 4.75. The van der Waals surface area contributed by atoms with E-state index in [0.717, 1.165) is 5.76 Å². The first-order valence-electron chi connectivity index (χ1n) is 10.2. The lowest BCUT2D eigenvalue weighted by Gasteiger charge is -2.10. The van der Waals surface area contributed by atoms with Crippen molar-refractivity contribution in [2.45, 2.75) is 13.8 Å². The minimum atomic E-state index is -0.644. The van der Waals surface area contributed by atoms with Crippen molar-refractivity contribution >= 4 is 40.1 Å². The number of rotatable bonds is 6. The normalized spacial score (nSPS) is 10.6. The summed E-state index contributed by atoms with van der Waals surface area (Å²) in [6.45, 7) is 2.78. The molecule has 0 unspecified atom stereocenters. The number of furan rings is 1. The minimum Gasteiger partial charge on any atom is -0.460 e. The molecular weight excluding hydrogens is 422 g/mol. The summed E-state index contributed by atoms with van der Waals surface area (Å²) >= 11 is 0. The van der Waals surface area contributed by atoms with Gasteiger partial charge in [0, 0.05) is 23.7 Å². The van der Waals surface area contributed by atoms with Gasteiger partial charge in [0.1, 0.15) is 11.5 Å². The number of benzene rings is 2. The topological polar surface area (TPSA) is 111 Å². The molecule has 2 amide bonds. The van der Waals surface area contributed by atoms with E-state index < -0.39 is 18.5 Å². The molecule has 2 aromatic carbocycles. The Labute approximate surface area is 189 Å². The van der Waals surface area contributed by atoms with E-state index in [9.17, 15) is 14.4 Å². The van der Waals surface area contributed by atoms with E-state index >= 15 is 0 Å². The number of para-hydroxylation sites is 1. The number of aromatic nitrogens is 1. The predicted octanol–water partition coefficient (Wildman–Crippen LogP) is 4.56. The van der Waals surface area contributed by atoms with Crippen LogP contribution in [0.4, 0.5) is 11.4 Å². The van der Waals surface area contributed by atoms with Crippen molar-refractivity contribution in [1.29, 1.82) is 0 Å². The van der Waals surface area contributed by atoms with Crippen LogP contribution in [0.25, 0.3) is 22.4 Å². The fourth-order valence-corrected chi connectivity index (χ4v) is 3.29. The van der Waals surface area contributed by atoms with E-state index in [0.29, 0.717) is 33.7 Å². The summed E-state index contributed by atoms with van der Waals surface area (Å²) in [5.41, 5.74) is 2.52. The number of hydrogen-bond acceptors (Lipinski definition) is 6. The molecule has 0 radical (unpaired) electrons. The van der Waals surface area contributed by atoms with Crippen molar-refractivity contribution in [2.75, 3.05) is 17.2 Å². The Kier molecular flexibility index (Phi) is 6.17. The van der Waals surface area contributed by atoms with Gasteiger partial charge in [-0.2, -0.15) is 0 Å². The molecule has 2 N–H and O–H groups in total. The van der Waals surface area contributed by atoms with E-state index in [4.69, 9.17) is 9.15 Å². The second-order valence-electron chi connectivity index (χ2n) is 7.37. The number of esters is 1. The van der Waals surface area contributed by atoms with Gasteiger partial charge in [0.15, 0.2) is 12.4 Å². The number of carbonyl (C=O) groups excluding carboxylic acids is 3. The Morgan fingerprint density at radius 3 is 2.30 bits per heavy atom. The molecule has 0 spiro atoms. The Morgan fingerprint density at radius 1 is 0.939 bits per heavy atom. The fourth-order valence-electron chi connectivity index (χ4n) is 3.29. The number of nitrogens with zero attached hydrogens (tertiary/aromatic N) is 1. The van der Waals surface area contributed by atoms with Crippen molar-refractivity contribution in [1.82, 2.24) is 4.98 Å². The number of pyridine rings is 1. The lowest BCUT2D eigenvalue weighted by Crippen LogP contribution is -2.21. The minimum absolute atomic E-state index is 0.187. The summed E-state index contributed by atoms with van der Waals surface area (Å²) in [6.07, 6.45) is 0. The summed E-state index contributed by atoms with van der Waals surface area (Å²) in [5, 5.41) is 5.91. The quantitative estimate of drug-likeness (QED) is 0.423. The van der Waals surface area contributed by atoms with Gasteiger partial charge in [0.25, 0.3) is 5.91 Å². The van der Waals surface area contributed by atoms with Crippen LogP contribution in [0.5, 0.6) is 0 Å². The molecule has 4 rings (SSSR count). The maximum Gasteiger partial charge on any atom is 0.339 e. The van der Waals surface area contributed by atoms with Crippen LogP contribution < -0.4 is 10.6 Å². The van der Waals surface area contributed by atoms with E-state index in [2.05, 4.69) is 15.6 Å². The van der Waals surface area contributed by atoms with E-state index in [1.165, 1.54) is 6.92 Å². The third kappa shape index (κ3) is 5.24. The molecule has 8 heteroatoms. The van der Waals surface area contributed by atoms with Gasteiger partial charge in [0.2, 0.25) is 5.91 Å². The second kappa shape index (κ2) is 9.35. The van der Waals surface area contributed by atoms with E-state index in [-0.39, 0.29) is 11.5 Å². The highest BCUT2D eigenvalue weighted by Gasteiger charge is 2.17. The molecule has 4 aromatic rings. The Bertz CT molecular complexity index is 1340. The fraction of sp³-hybridized carbons (Fsp3) is 0.120. The van der Waals surface area contributed by atoms with Gasteiger partial charge in [-0.25, -0.2) is 9.78 Å². The van der Waals surface area contributed by atoms with Crippen LogP contribution in [0.15, 0.2) is 71.1 Å². The number of nitrogens with one attached hydrogen (secondary N) is 2. The van der Waals surface area contributed by atoms with Gasteiger partial charge < -0.3 is 19.8 Å². The molecule has 0 aliphatic carbocycles. The monoisotopic (exact) mass is 443 g/mol. The zero-order valence-electron chi connectivity index (χ0n) is 18.0. The number of carbonyl (C=O) groups is 3. The maximum absolute atomic E-state index is 12.9. The van der Waals surface area contributed by atoms with Gasteiger partial charge in [-0.15, -0.1) is 0 Å². The zero-order chi connectivity index (χ0) is 23.4. The molecule has 2 aromatic heterocycles. The lowest BCUT2D eigenvalue weighted by atomic mass is 10.1. The largest absolute Gasteiger partial charge is 0.460 e. The highest BCUT2D eigenvalue weighted by molar-refractivity contribution is 6.05. The van der Waals surface area contributed by atoms with Crippen molar-refractivity contribution in [2.24, 2.45) is 0 Å². The molecule has 2 heterocycles. The molecule has 8 nitrogen and oxygen atoms in total. The molecule has 0 bridgehead atoms. The number of aryl methyl sites for hydroxylation is 1. The van der Waals surface area contributed by atoms with Gasteiger partial charge in [-0.3, -0.25) is 9.59 Å². The molecule has 0 saturated heterocycles. The molecule has 0 aliphatic heterocycles. The van der Waals surface area contributed by atoms with Crippen molar-refractivity contribution in [3.8, 4) is 11.5 Å². The first-order chi connectivity index (χ1) is 15.9. The average molecular weight is 443 g/mol. The standard InChI is InChI=1S/C25H21N3O5/c1-15-7-12-23(33-15)22-13-20(19-5-3-4-6-21(19)28-22)25(31)32-14-24(30)27-18-10-8-17(9-11-18)26-16(2)29/h3-13H,14H2,1-2H3,(H,26,29)(H,27,30). The smallest absolute Gasteiger partial charge is 0.339 e. The first kappa shape index (κ1) is 21.8. The van der Waals surface area contributed by atoms with Crippen LogP contribution in [0, 0.1) is 6.92 Å². The predicted molar refractivity (Wildman–Crippen MR) is 124 cm³/mol. The summed E-state index contributed by atoms with van der Waals surface area (Å²) < 4.78 is 10.9. The molecule has 0 aliphatic rings. The molecule has 0 saturated carbocycles. The van der Waals surface area contributed by atoms with E-state index in [1.807, 2.05) is 19.1 Å². The molecular formula is C25H21N3O5. The molecule has 33 heavy (non-hydrogen) atoms. The maximum atomic E-state index is 12.9. The zero-order valence-corrected chi connectivity index (χ0v) is 18.0. The van der Waals surface area contributed by atoms with Crippen molar-refractivity contribution in [3.63, 3.8) is 0 Å². The van der Waals surface area contributed by atoms with Gasteiger partial charge in [-0.05, 0) is 55.5 Å². The van der Waals surface area contributed by atoms with E-state index in [1.54, 1.807) is 54.6 Å². The number of ether oxygens (including phenoxy) is 1. The van der Waals surface area contributed by atoms with Gasteiger partial charge in [0.05, 0.1) is 11.1 Å². The third-order valence-corrected chi connectivity index (χ3v) is 4.75. The second-order valence-corrected chi connectivity index (χ2v) is 7.37. The number of hydrogen-bond donors (Lipinski definition) is 2. The van der Waals surface area contributed by atoms with Gasteiger partial charge in [-0.1, -0.05) is 18.2 Å². The van der Waals surface area contributed by atoms with Crippen LogP contribution in [0.1, 0.15) is 23.0 Å². The molecule has 0 atom stereocenters. The lowest BCUT2D eigenvalue weighted by molar-refractivity contribution is -0.119. The average Bonchev–Trinajstić information content (AvgIpc) is 3.24. The highest BCUT2D eigenvalue weighted by Crippen LogP contribution is 2.26. The Balaban J connectivity index is 1.47. The summed E-state index contributed by atoms with van der Waals surface area (Å²) in [5.74, 6) is -0.0588. The SMILES string of the molecule is CC(=O)Nc1ccc(NC(=O)COC(=O)c2cc(-c3ccc(C)o3)nc3ccccc23)cc1. The highest BCUT2D eigenvalue weighted by atomic mass is 16.5. The molecule has 166 valence electrons. The van der Waals surface area contributed by atoms with Crippen LogP contribution in [0.3, 0.4) is 0 Å². The number of amides is 2. The Hall–Kier alpha value is -4.46. The van der Waals surface area contributed by atoms with Crippen LogP contribution in [0.2, 0.25) is 0 Å². The van der Waals surface area contributed by atoms with Crippen LogP contribution in [-0.2, 0) is 14.3 Å². The van der Waals surface area contributed by atoms with Gasteiger partial charge >= 0.3 is 5.97 Å². The summed E-state index contributed by atoms with van der Waals surface area (Å²) in [7, 11) is 0. The van der Waals surface area contributed by atoms with Crippen LogP contribution >= 0.6 is 0 Å². The summed E-state index contributed by atoms with van der Waals surface area (Å²) in [4.78, 5) is 40.8.